The van der Waals surface area contributed by atoms with Crippen molar-refractivity contribution in [1.29, 1.82) is 0 Å². The average molecular weight is 308 g/mol. The molecule has 0 aliphatic carbocycles. The Morgan fingerprint density at radius 1 is 1.36 bits per heavy atom. The minimum absolute atomic E-state index is 0.134. The number of halogens is 1. The van der Waals surface area contributed by atoms with Crippen LogP contribution in [0.3, 0.4) is 0 Å². The van der Waals surface area contributed by atoms with Crippen LogP contribution in [-0.4, -0.2) is 60.1 Å². The SMILES string of the molecule is CCN(CC)CCN1C[C@@H](C(=O)O)[C@H](c2cccc(F)c2)C1. The van der Waals surface area contributed by atoms with Gasteiger partial charge in [-0.05, 0) is 30.8 Å². The summed E-state index contributed by atoms with van der Waals surface area (Å²) in [6.45, 7) is 9.28. The minimum atomic E-state index is -0.792. The maximum absolute atomic E-state index is 13.4. The highest BCUT2D eigenvalue weighted by atomic mass is 19.1. The predicted octanol–water partition coefficient (Wildman–Crippen LogP) is 2.27. The fraction of sp³-hybridized carbons (Fsp3) is 0.588. The van der Waals surface area contributed by atoms with Crippen molar-refractivity contribution >= 4 is 5.97 Å². The zero-order valence-electron chi connectivity index (χ0n) is 13.3. The monoisotopic (exact) mass is 308 g/mol. The number of carboxylic acids is 1. The summed E-state index contributed by atoms with van der Waals surface area (Å²) in [5, 5.41) is 9.47. The summed E-state index contributed by atoms with van der Waals surface area (Å²) in [5.74, 6) is -1.69. The van der Waals surface area contributed by atoms with E-state index in [9.17, 15) is 14.3 Å². The number of aliphatic carboxylic acids is 1. The van der Waals surface area contributed by atoms with Crippen LogP contribution in [0.2, 0.25) is 0 Å². The van der Waals surface area contributed by atoms with Gasteiger partial charge in [0.25, 0.3) is 0 Å². The van der Waals surface area contributed by atoms with Crippen molar-refractivity contribution in [2.75, 3.05) is 39.3 Å². The van der Waals surface area contributed by atoms with E-state index in [0.29, 0.717) is 13.1 Å². The molecule has 1 aromatic carbocycles. The van der Waals surface area contributed by atoms with Crippen LogP contribution in [0.5, 0.6) is 0 Å². The first-order valence-electron chi connectivity index (χ1n) is 7.98. The molecule has 122 valence electrons. The zero-order chi connectivity index (χ0) is 16.1. The Balaban J connectivity index is 2.05. The molecule has 5 heteroatoms. The van der Waals surface area contributed by atoms with Crippen LogP contribution in [0, 0.1) is 11.7 Å². The predicted molar refractivity (Wildman–Crippen MR) is 84.5 cm³/mol. The molecular weight excluding hydrogens is 283 g/mol. The Kier molecular flexibility index (Phi) is 5.91. The number of rotatable bonds is 7. The summed E-state index contributed by atoms with van der Waals surface area (Å²) < 4.78 is 13.4. The Hall–Kier alpha value is -1.46. The molecule has 4 nitrogen and oxygen atoms in total. The second-order valence-corrected chi connectivity index (χ2v) is 5.89. The van der Waals surface area contributed by atoms with E-state index in [-0.39, 0.29) is 11.7 Å². The van der Waals surface area contributed by atoms with Gasteiger partial charge in [-0.1, -0.05) is 26.0 Å². The third-order valence-corrected chi connectivity index (χ3v) is 4.62. The molecular formula is C17H25FN2O2. The molecule has 2 atom stereocenters. The highest BCUT2D eigenvalue weighted by Gasteiger charge is 2.38. The molecule has 0 aromatic heterocycles. The molecule has 1 aliphatic heterocycles. The van der Waals surface area contributed by atoms with Crippen LogP contribution in [0.15, 0.2) is 24.3 Å². The number of hydrogen-bond donors (Lipinski definition) is 1. The highest BCUT2D eigenvalue weighted by Crippen LogP contribution is 2.33. The molecule has 2 rings (SSSR count). The van der Waals surface area contributed by atoms with Crippen molar-refractivity contribution in [3.63, 3.8) is 0 Å². The van der Waals surface area contributed by atoms with Crippen molar-refractivity contribution in [3.05, 3.63) is 35.6 Å². The van der Waals surface area contributed by atoms with Crippen LogP contribution in [-0.2, 0) is 4.79 Å². The number of likely N-dealkylation sites (tertiary alicyclic amines) is 1. The summed E-state index contributed by atoms with van der Waals surface area (Å²) in [7, 11) is 0. The summed E-state index contributed by atoms with van der Waals surface area (Å²) >= 11 is 0. The van der Waals surface area contributed by atoms with Gasteiger partial charge in [-0.3, -0.25) is 4.79 Å². The van der Waals surface area contributed by atoms with E-state index in [1.807, 2.05) is 6.07 Å². The first-order valence-corrected chi connectivity index (χ1v) is 7.98. The molecule has 1 fully saturated rings. The van der Waals surface area contributed by atoms with Gasteiger partial charge in [0, 0.05) is 32.1 Å². The number of carboxylic acid groups (broad SMARTS) is 1. The molecule has 1 N–H and O–H groups in total. The molecule has 0 unspecified atom stereocenters. The molecule has 1 saturated heterocycles. The fourth-order valence-corrected chi connectivity index (χ4v) is 3.22. The van der Waals surface area contributed by atoms with Crippen molar-refractivity contribution in [3.8, 4) is 0 Å². The maximum atomic E-state index is 13.4. The fourth-order valence-electron chi connectivity index (χ4n) is 3.22. The molecule has 1 aliphatic rings. The van der Waals surface area contributed by atoms with E-state index < -0.39 is 11.9 Å². The standard InChI is InChI=1S/C17H25FN2O2/c1-3-19(4-2)8-9-20-11-15(16(12-20)17(21)22)13-6-5-7-14(18)10-13/h5-7,10,15-16H,3-4,8-9,11-12H2,1-2H3,(H,21,22)/t15-,16+/m0/s1. The third-order valence-electron chi connectivity index (χ3n) is 4.62. The third kappa shape index (κ3) is 4.05. The minimum Gasteiger partial charge on any atom is -0.481 e. The van der Waals surface area contributed by atoms with Gasteiger partial charge < -0.3 is 14.9 Å². The quantitative estimate of drug-likeness (QED) is 0.839. The molecule has 0 amide bonds. The van der Waals surface area contributed by atoms with Gasteiger partial charge in [0.15, 0.2) is 0 Å². The lowest BCUT2D eigenvalue weighted by Crippen LogP contribution is -2.34. The van der Waals surface area contributed by atoms with E-state index in [2.05, 4.69) is 23.6 Å². The van der Waals surface area contributed by atoms with E-state index in [4.69, 9.17) is 0 Å². The lowest BCUT2D eigenvalue weighted by atomic mass is 9.89. The Labute approximate surface area is 131 Å². The first-order chi connectivity index (χ1) is 10.5. The van der Waals surface area contributed by atoms with Crippen LogP contribution in [0.1, 0.15) is 25.3 Å². The van der Waals surface area contributed by atoms with Gasteiger partial charge in [-0.15, -0.1) is 0 Å². The number of nitrogens with zero attached hydrogens (tertiary/aromatic N) is 2. The lowest BCUT2D eigenvalue weighted by molar-refractivity contribution is -0.141. The summed E-state index contributed by atoms with van der Waals surface area (Å²) in [5.41, 5.74) is 0.790. The van der Waals surface area contributed by atoms with Gasteiger partial charge in [-0.25, -0.2) is 4.39 Å². The van der Waals surface area contributed by atoms with E-state index in [1.54, 1.807) is 6.07 Å². The largest absolute Gasteiger partial charge is 0.481 e. The molecule has 1 aromatic rings. The number of likely N-dealkylation sites (N-methyl/N-ethyl adjacent to an activating group) is 1. The summed E-state index contributed by atoms with van der Waals surface area (Å²) in [6.07, 6.45) is 0. The van der Waals surface area contributed by atoms with Crippen molar-refractivity contribution in [2.24, 2.45) is 5.92 Å². The molecule has 0 bridgehead atoms. The Bertz CT molecular complexity index is 505. The van der Waals surface area contributed by atoms with Crippen LogP contribution < -0.4 is 0 Å². The lowest BCUT2D eigenvalue weighted by Gasteiger charge is -2.22. The molecule has 1 heterocycles. The van der Waals surface area contributed by atoms with E-state index in [1.165, 1.54) is 12.1 Å². The second-order valence-electron chi connectivity index (χ2n) is 5.89. The zero-order valence-corrected chi connectivity index (χ0v) is 13.3. The number of benzene rings is 1. The van der Waals surface area contributed by atoms with Gasteiger partial charge in [0.2, 0.25) is 0 Å². The van der Waals surface area contributed by atoms with Crippen molar-refractivity contribution < 1.29 is 14.3 Å². The summed E-state index contributed by atoms with van der Waals surface area (Å²) in [6, 6.07) is 6.35. The molecule has 0 spiro atoms. The van der Waals surface area contributed by atoms with Crippen LogP contribution in [0.25, 0.3) is 0 Å². The molecule has 0 radical (unpaired) electrons. The Morgan fingerprint density at radius 3 is 2.68 bits per heavy atom. The second kappa shape index (κ2) is 7.70. The molecule has 22 heavy (non-hydrogen) atoms. The highest BCUT2D eigenvalue weighted by molar-refractivity contribution is 5.72. The maximum Gasteiger partial charge on any atom is 0.308 e. The van der Waals surface area contributed by atoms with E-state index >= 15 is 0 Å². The number of carbonyl (C=O) groups is 1. The molecule has 0 saturated carbocycles. The topological polar surface area (TPSA) is 43.8 Å². The van der Waals surface area contributed by atoms with Crippen LogP contribution >= 0.6 is 0 Å². The number of hydrogen-bond acceptors (Lipinski definition) is 3. The average Bonchev–Trinajstić information content (AvgIpc) is 2.93. The van der Waals surface area contributed by atoms with Crippen LogP contribution in [0.4, 0.5) is 4.39 Å². The smallest absolute Gasteiger partial charge is 0.308 e. The summed E-state index contributed by atoms with van der Waals surface area (Å²) in [4.78, 5) is 16.0. The van der Waals surface area contributed by atoms with Gasteiger partial charge in [0.1, 0.15) is 5.82 Å². The van der Waals surface area contributed by atoms with Gasteiger partial charge in [0.05, 0.1) is 5.92 Å². The van der Waals surface area contributed by atoms with Crippen molar-refractivity contribution in [1.82, 2.24) is 9.80 Å². The normalized spacial score (nSPS) is 22.4. The van der Waals surface area contributed by atoms with E-state index in [0.717, 1.165) is 31.7 Å². The Morgan fingerprint density at radius 2 is 2.09 bits per heavy atom. The van der Waals surface area contributed by atoms with Crippen molar-refractivity contribution in [2.45, 2.75) is 19.8 Å². The first kappa shape index (κ1) is 16.9. The van der Waals surface area contributed by atoms with Gasteiger partial charge >= 0.3 is 5.97 Å². The van der Waals surface area contributed by atoms with Gasteiger partial charge in [-0.2, -0.15) is 0 Å².